The highest BCUT2D eigenvalue weighted by molar-refractivity contribution is 6.32. The van der Waals surface area contributed by atoms with Gasteiger partial charge in [0.25, 0.3) is 0 Å². The van der Waals surface area contributed by atoms with Gasteiger partial charge in [0.15, 0.2) is 0 Å². The second-order valence-electron chi connectivity index (χ2n) is 7.00. The van der Waals surface area contributed by atoms with Crippen LogP contribution in [-0.4, -0.2) is 40.2 Å². The summed E-state index contributed by atoms with van der Waals surface area (Å²) in [5.74, 6) is -0.198. The third kappa shape index (κ3) is 4.28. The molecule has 2 aromatic carbocycles. The molecule has 1 aliphatic heterocycles. The van der Waals surface area contributed by atoms with Crippen LogP contribution in [0.3, 0.4) is 0 Å². The first-order valence-electron chi connectivity index (χ1n) is 9.39. The molecule has 1 fully saturated rings. The number of carbonyl (C=O) groups excluding carboxylic acids is 2. The van der Waals surface area contributed by atoms with Gasteiger partial charge < -0.3 is 15.0 Å². The van der Waals surface area contributed by atoms with E-state index in [9.17, 15) is 9.59 Å². The van der Waals surface area contributed by atoms with Crippen molar-refractivity contribution in [1.29, 1.82) is 0 Å². The van der Waals surface area contributed by atoms with E-state index in [0.29, 0.717) is 35.2 Å². The van der Waals surface area contributed by atoms with Gasteiger partial charge in [-0.05, 0) is 35.9 Å². The van der Waals surface area contributed by atoms with E-state index in [4.69, 9.17) is 16.3 Å². The zero-order chi connectivity index (χ0) is 21.1. The molecule has 8 nitrogen and oxygen atoms in total. The summed E-state index contributed by atoms with van der Waals surface area (Å²) in [7, 11) is 1.53. The Morgan fingerprint density at radius 2 is 2.07 bits per heavy atom. The van der Waals surface area contributed by atoms with Gasteiger partial charge in [0, 0.05) is 24.3 Å². The van der Waals surface area contributed by atoms with Gasteiger partial charge in [0.2, 0.25) is 11.8 Å². The Morgan fingerprint density at radius 3 is 2.73 bits per heavy atom. The number of aromatic nitrogens is 3. The monoisotopic (exact) mass is 425 g/mol. The third-order valence-corrected chi connectivity index (χ3v) is 5.27. The van der Waals surface area contributed by atoms with Crippen molar-refractivity contribution in [2.45, 2.75) is 13.0 Å². The summed E-state index contributed by atoms with van der Waals surface area (Å²) in [4.78, 5) is 30.6. The molecule has 154 valence electrons. The van der Waals surface area contributed by atoms with E-state index in [2.05, 4.69) is 15.4 Å². The second kappa shape index (κ2) is 8.54. The van der Waals surface area contributed by atoms with E-state index in [1.807, 2.05) is 24.3 Å². The first-order valence-corrected chi connectivity index (χ1v) is 9.77. The number of nitrogens with one attached hydrogen (secondary N) is 1. The van der Waals surface area contributed by atoms with Gasteiger partial charge in [-0.1, -0.05) is 23.7 Å². The first-order chi connectivity index (χ1) is 14.5. The molecule has 30 heavy (non-hydrogen) atoms. The molecule has 4 rings (SSSR count). The minimum absolute atomic E-state index is 0.112. The number of benzene rings is 2. The SMILES string of the molecule is COc1ccc(N2C[C@@H](C(=O)Nc3ccc(Cn4cncn4)cc3)CC2=O)cc1Cl. The molecule has 2 amide bonds. The van der Waals surface area contributed by atoms with Crippen LogP contribution < -0.4 is 15.0 Å². The molecule has 1 atom stereocenters. The van der Waals surface area contributed by atoms with E-state index >= 15 is 0 Å². The number of amides is 2. The standard InChI is InChI=1S/C21H20ClN5O3/c1-30-19-7-6-17(9-18(19)22)27-11-15(8-20(27)28)21(29)25-16-4-2-14(3-5-16)10-26-13-23-12-24-26/h2-7,9,12-13,15H,8,10-11H2,1H3,(H,25,29)/t15-/m0/s1. The topological polar surface area (TPSA) is 89.3 Å². The maximum atomic E-state index is 12.7. The molecule has 0 bridgehead atoms. The second-order valence-corrected chi connectivity index (χ2v) is 7.41. The largest absolute Gasteiger partial charge is 0.495 e. The molecule has 0 aliphatic carbocycles. The van der Waals surface area contributed by atoms with Crippen LogP contribution in [-0.2, 0) is 16.1 Å². The van der Waals surface area contributed by atoms with Crippen LogP contribution in [0.5, 0.6) is 5.75 Å². The zero-order valence-corrected chi connectivity index (χ0v) is 17.0. The number of rotatable bonds is 6. The van der Waals surface area contributed by atoms with Crippen LogP contribution in [0.25, 0.3) is 0 Å². The highest BCUT2D eigenvalue weighted by Gasteiger charge is 2.35. The highest BCUT2D eigenvalue weighted by atomic mass is 35.5. The molecule has 2 heterocycles. The quantitative estimate of drug-likeness (QED) is 0.655. The lowest BCUT2D eigenvalue weighted by Gasteiger charge is -2.18. The summed E-state index contributed by atoms with van der Waals surface area (Å²) in [5, 5.41) is 7.38. The van der Waals surface area contributed by atoms with Crippen molar-refractivity contribution >= 4 is 34.8 Å². The summed E-state index contributed by atoms with van der Waals surface area (Å²) >= 11 is 6.17. The molecular weight excluding hydrogens is 406 g/mol. The number of hydrogen-bond donors (Lipinski definition) is 1. The van der Waals surface area contributed by atoms with Gasteiger partial charge in [0.05, 0.1) is 24.6 Å². The fourth-order valence-corrected chi connectivity index (χ4v) is 3.65. The van der Waals surface area contributed by atoms with Gasteiger partial charge in [-0.3, -0.25) is 9.59 Å². The van der Waals surface area contributed by atoms with Gasteiger partial charge in [-0.15, -0.1) is 0 Å². The number of hydrogen-bond acceptors (Lipinski definition) is 5. The Balaban J connectivity index is 1.38. The van der Waals surface area contributed by atoms with Crippen molar-refractivity contribution in [2.75, 3.05) is 23.9 Å². The van der Waals surface area contributed by atoms with Crippen molar-refractivity contribution in [1.82, 2.24) is 14.8 Å². The lowest BCUT2D eigenvalue weighted by molar-refractivity contribution is -0.122. The van der Waals surface area contributed by atoms with E-state index < -0.39 is 5.92 Å². The van der Waals surface area contributed by atoms with Crippen LogP contribution in [0.1, 0.15) is 12.0 Å². The van der Waals surface area contributed by atoms with Crippen molar-refractivity contribution in [3.63, 3.8) is 0 Å². The fraction of sp³-hybridized carbons (Fsp3) is 0.238. The molecule has 1 aromatic heterocycles. The minimum Gasteiger partial charge on any atom is -0.495 e. The number of nitrogens with zero attached hydrogens (tertiary/aromatic N) is 4. The lowest BCUT2D eigenvalue weighted by Crippen LogP contribution is -2.28. The van der Waals surface area contributed by atoms with Crippen LogP contribution >= 0.6 is 11.6 Å². The summed E-state index contributed by atoms with van der Waals surface area (Å²) in [6.07, 6.45) is 3.29. The molecule has 1 aliphatic rings. The molecule has 1 N–H and O–H groups in total. The normalized spacial score (nSPS) is 16.0. The minimum atomic E-state index is -0.437. The van der Waals surface area contributed by atoms with Crippen LogP contribution in [0.4, 0.5) is 11.4 Å². The average molecular weight is 426 g/mol. The van der Waals surface area contributed by atoms with E-state index in [-0.39, 0.29) is 18.2 Å². The maximum Gasteiger partial charge on any atom is 0.229 e. The molecule has 0 spiro atoms. The number of halogens is 1. The Labute approximate surface area is 178 Å². The van der Waals surface area contributed by atoms with Crippen LogP contribution in [0.15, 0.2) is 55.1 Å². The maximum absolute atomic E-state index is 12.7. The fourth-order valence-electron chi connectivity index (χ4n) is 3.40. The Kier molecular flexibility index (Phi) is 5.67. The van der Waals surface area contributed by atoms with Crippen molar-refractivity contribution < 1.29 is 14.3 Å². The number of methoxy groups -OCH3 is 1. The molecule has 9 heteroatoms. The van der Waals surface area contributed by atoms with Gasteiger partial charge in [-0.2, -0.15) is 5.10 Å². The van der Waals surface area contributed by atoms with E-state index in [0.717, 1.165) is 5.56 Å². The molecule has 3 aromatic rings. The zero-order valence-electron chi connectivity index (χ0n) is 16.3. The Bertz CT molecular complexity index is 1050. The van der Waals surface area contributed by atoms with Gasteiger partial charge in [0.1, 0.15) is 18.4 Å². The third-order valence-electron chi connectivity index (χ3n) is 4.98. The predicted octanol–water partition coefficient (Wildman–Crippen LogP) is 2.98. The van der Waals surface area contributed by atoms with Crippen LogP contribution in [0, 0.1) is 5.92 Å². The smallest absolute Gasteiger partial charge is 0.229 e. The average Bonchev–Trinajstić information content (AvgIpc) is 3.39. The molecule has 0 unspecified atom stereocenters. The van der Waals surface area contributed by atoms with Crippen molar-refractivity contribution in [3.05, 3.63) is 65.7 Å². The Morgan fingerprint density at radius 1 is 1.27 bits per heavy atom. The highest BCUT2D eigenvalue weighted by Crippen LogP contribution is 2.32. The van der Waals surface area contributed by atoms with Gasteiger partial charge >= 0.3 is 0 Å². The van der Waals surface area contributed by atoms with Crippen molar-refractivity contribution in [2.24, 2.45) is 5.92 Å². The predicted molar refractivity (Wildman–Crippen MR) is 113 cm³/mol. The lowest BCUT2D eigenvalue weighted by atomic mass is 10.1. The molecule has 0 saturated carbocycles. The van der Waals surface area contributed by atoms with E-state index in [1.165, 1.54) is 13.4 Å². The summed E-state index contributed by atoms with van der Waals surface area (Å²) in [6.45, 7) is 0.905. The van der Waals surface area contributed by atoms with Crippen molar-refractivity contribution in [3.8, 4) is 5.75 Å². The summed E-state index contributed by atoms with van der Waals surface area (Å²) < 4.78 is 6.87. The number of anilines is 2. The molecule has 0 radical (unpaired) electrons. The molecule has 1 saturated heterocycles. The summed E-state index contributed by atoms with van der Waals surface area (Å²) in [6, 6.07) is 12.7. The summed E-state index contributed by atoms with van der Waals surface area (Å²) in [5.41, 5.74) is 2.37. The van der Waals surface area contributed by atoms with Crippen LogP contribution in [0.2, 0.25) is 5.02 Å². The van der Waals surface area contributed by atoms with E-state index in [1.54, 1.807) is 34.1 Å². The number of ether oxygens (including phenoxy) is 1. The Hall–Kier alpha value is -3.39. The first kappa shape index (κ1) is 19.9. The van der Waals surface area contributed by atoms with Gasteiger partial charge in [-0.25, -0.2) is 9.67 Å². The molecular formula is C21H20ClN5O3. The number of carbonyl (C=O) groups is 2.